The molecule has 0 saturated heterocycles. The van der Waals surface area contributed by atoms with Crippen LogP contribution >= 0.6 is 0 Å². The summed E-state index contributed by atoms with van der Waals surface area (Å²) in [5.74, 6) is 2.47. The number of esters is 1. The predicted molar refractivity (Wildman–Crippen MR) is 113 cm³/mol. The van der Waals surface area contributed by atoms with Crippen LogP contribution in [0.5, 0.6) is 0 Å². The monoisotopic (exact) mass is 406 g/mol. The fourth-order valence-electron chi connectivity index (χ4n) is 8.84. The van der Waals surface area contributed by atoms with Crippen LogP contribution in [0, 0.1) is 46.3 Å². The van der Waals surface area contributed by atoms with Gasteiger partial charge in [-0.05, 0) is 91.3 Å². The van der Waals surface area contributed by atoms with E-state index in [-0.39, 0.29) is 23.6 Å². The van der Waals surface area contributed by atoms with Crippen molar-refractivity contribution >= 4 is 5.97 Å². The van der Waals surface area contributed by atoms with Crippen LogP contribution in [0.25, 0.3) is 0 Å². The Bertz CT molecular complexity index is 620. The van der Waals surface area contributed by atoms with Crippen LogP contribution in [-0.2, 0) is 9.53 Å². The molecule has 0 bridgehead atoms. The van der Waals surface area contributed by atoms with Crippen LogP contribution in [0.3, 0.4) is 0 Å². The molecule has 10 atom stereocenters. The maximum atomic E-state index is 11.7. The highest BCUT2D eigenvalue weighted by atomic mass is 16.5. The number of fused-ring (bicyclic) bond motifs is 5. The Morgan fingerprint density at radius 1 is 1.10 bits per heavy atom. The van der Waals surface area contributed by atoms with E-state index >= 15 is 0 Å². The van der Waals surface area contributed by atoms with Crippen molar-refractivity contribution in [2.75, 3.05) is 7.11 Å². The Morgan fingerprint density at radius 3 is 2.59 bits per heavy atom. The van der Waals surface area contributed by atoms with E-state index in [1.54, 1.807) is 0 Å². The average Bonchev–Trinajstić information content (AvgIpc) is 3.05. The van der Waals surface area contributed by atoms with E-state index in [1.807, 2.05) is 0 Å². The van der Waals surface area contributed by atoms with Crippen LogP contribution in [0.2, 0.25) is 0 Å². The van der Waals surface area contributed by atoms with Gasteiger partial charge in [0.1, 0.15) is 0 Å². The van der Waals surface area contributed by atoms with E-state index in [9.17, 15) is 15.0 Å². The first-order valence-electron chi connectivity index (χ1n) is 12.2. The molecule has 0 aliphatic heterocycles. The van der Waals surface area contributed by atoms with Gasteiger partial charge in [-0.15, -0.1) is 0 Å². The number of carbonyl (C=O) groups excluding carboxylic acids is 1. The van der Waals surface area contributed by atoms with E-state index in [0.717, 1.165) is 32.1 Å². The lowest BCUT2D eigenvalue weighted by atomic mass is 9.43. The number of aliphatic hydroxyl groups excluding tert-OH is 2. The van der Waals surface area contributed by atoms with Gasteiger partial charge in [-0.1, -0.05) is 33.6 Å². The molecule has 0 aromatic heterocycles. The van der Waals surface area contributed by atoms with Gasteiger partial charge in [0.05, 0.1) is 19.3 Å². The molecule has 0 heterocycles. The fourth-order valence-corrected chi connectivity index (χ4v) is 8.84. The minimum absolute atomic E-state index is 0.139. The van der Waals surface area contributed by atoms with Gasteiger partial charge in [-0.25, -0.2) is 0 Å². The highest BCUT2D eigenvalue weighted by molar-refractivity contribution is 5.69. The van der Waals surface area contributed by atoms with Gasteiger partial charge in [0.15, 0.2) is 0 Å². The molecule has 4 fully saturated rings. The van der Waals surface area contributed by atoms with Gasteiger partial charge in [-0.3, -0.25) is 4.79 Å². The first-order chi connectivity index (χ1) is 13.7. The third-order valence-corrected chi connectivity index (χ3v) is 10.5. The minimum atomic E-state index is -0.300. The summed E-state index contributed by atoms with van der Waals surface area (Å²) in [6, 6.07) is 0. The lowest BCUT2D eigenvalue weighted by Gasteiger charge is -2.63. The van der Waals surface area contributed by atoms with Gasteiger partial charge in [0.25, 0.3) is 0 Å². The van der Waals surface area contributed by atoms with Crippen LogP contribution in [0.4, 0.5) is 0 Å². The van der Waals surface area contributed by atoms with E-state index in [4.69, 9.17) is 4.74 Å². The fraction of sp³-hybridized carbons (Fsp3) is 0.960. The zero-order chi connectivity index (χ0) is 21.0. The number of hydrogen-bond donors (Lipinski definition) is 2. The zero-order valence-corrected chi connectivity index (χ0v) is 18.9. The van der Waals surface area contributed by atoms with Crippen molar-refractivity contribution in [3.63, 3.8) is 0 Å². The minimum Gasteiger partial charge on any atom is -0.469 e. The zero-order valence-electron chi connectivity index (χ0n) is 18.9. The number of carbonyl (C=O) groups is 1. The van der Waals surface area contributed by atoms with Crippen LogP contribution in [0.1, 0.15) is 85.0 Å². The molecule has 1 unspecified atom stereocenters. The van der Waals surface area contributed by atoms with Crippen molar-refractivity contribution in [1.29, 1.82) is 0 Å². The molecule has 2 N–H and O–H groups in total. The van der Waals surface area contributed by atoms with Gasteiger partial charge in [0.2, 0.25) is 0 Å². The Labute approximate surface area is 176 Å². The van der Waals surface area contributed by atoms with E-state index in [2.05, 4.69) is 20.8 Å². The topological polar surface area (TPSA) is 66.8 Å². The highest BCUT2D eigenvalue weighted by Gasteiger charge is 2.65. The average molecular weight is 407 g/mol. The Kier molecular flexibility index (Phi) is 5.83. The number of aliphatic hydroxyl groups is 2. The van der Waals surface area contributed by atoms with E-state index in [1.165, 1.54) is 32.8 Å². The molecule has 0 amide bonds. The standard InChI is InChI=1S/C25H42O4/c1-15(8-11-22(28)29-4)17-9-10-18-23-19(14-21(27)25(17,18)3)24(2)12-6-5-7-16(24)13-20(23)26/h15-21,23,26-27H,5-14H2,1-4H3/t15-,16?,17-,18+,19+,20-,21+,23+,24+,25-/m1/s1. The number of rotatable bonds is 4. The quantitative estimate of drug-likeness (QED) is 0.671. The SMILES string of the molecule is COC(=O)CC[C@@H](C)[C@H]1CC[C@H]2[C@@H]3[C@H](O)CC4CCCC[C@]4(C)[C@H]3C[C@H](O)[C@]12C. The lowest BCUT2D eigenvalue weighted by Crippen LogP contribution is -2.61. The lowest BCUT2D eigenvalue weighted by molar-refractivity contribution is -0.201. The molecule has 4 nitrogen and oxygen atoms in total. The van der Waals surface area contributed by atoms with Crippen LogP contribution in [-0.4, -0.2) is 35.5 Å². The van der Waals surface area contributed by atoms with Gasteiger partial charge >= 0.3 is 5.97 Å². The Balaban J connectivity index is 1.58. The van der Waals surface area contributed by atoms with Crippen LogP contribution < -0.4 is 0 Å². The van der Waals surface area contributed by atoms with Gasteiger partial charge in [0, 0.05) is 6.42 Å². The summed E-state index contributed by atoms with van der Waals surface area (Å²) >= 11 is 0. The smallest absolute Gasteiger partial charge is 0.305 e. The third-order valence-electron chi connectivity index (χ3n) is 10.5. The highest BCUT2D eigenvalue weighted by Crippen LogP contribution is 2.68. The second-order valence-corrected chi connectivity index (χ2v) is 11.4. The third kappa shape index (κ3) is 3.28. The molecule has 0 aromatic carbocycles. The summed E-state index contributed by atoms with van der Waals surface area (Å²) in [6.45, 7) is 7.02. The molecular weight excluding hydrogens is 364 g/mol. The van der Waals surface area contributed by atoms with E-state index in [0.29, 0.717) is 47.3 Å². The molecular formula is C25H42O4. The molecule has 0 aromatic rings. The number of methoxy groups -OCH3 is 1. The molecule has 4 aliphatic rings. The van der Waals surface area contributed by atoms with Crippen molar-refractivity contribution in [2.45, 2.75) is 97.2 Å². The molecule has 4 saturated carbocycles. The summed E-state index contributed by atoms with van der Waals surface area (Å²) in [5.41, 5.74) is 0.147. The van der Waals surface area contributed by atoms with Crippen molar-refractivity contribution in [2.24, 2.45) is 46.3 Å². The molecule has 0 spiro atoms. The second-order valence-electron chi connectivity index (χ2n) is 11.4. The number of hydrogen-bond acceptors (Lipinski definition) is 4. The molecule has 4 aliphatic carbocycles. The summed E-state index contributed by atoms with van der Waals surface area (Å²) in [7, 11) is 1.45. The largest absolute Gasteiger partial charge is 0.469 e. The van der Waals surface area contributed by atoms with Crippen molar-refractivity contribution < 1.29 is 19.7 Å². The molecule has 4 heteroatoms. The summed E-state index contributed by atoms with van der Waals surface area (Å²) < 4.78 is 4.84. The normalized spacial score (nSPS) is 50.2. The molecule has 29 heavy (non-hydrogen) atoms. The van der Waals surface area contributed by atoms with Gasteiger partial charge in [-0.2, -0.15) is 0 Å². The molecule has 0 radical (unpaired) electrons. The summed E-state index contributed by atoms with van der Waals surface area (Å²) in [4.78, 5) is 11.7. The van der Waals surface area contributed by atoms with Crippen molar-refractivity contribution in [1.82, 2.24) is 0 Å². The molecule has 4 rings (SSSR count). The van der Waals surface area contributed by atoms with Crippen molar-refractivity contribution in [3.05, 3.63) is 0 Å². The predicted octanol–water partition coefficient (Wildman–Crippen LogP) is 4.57. The molecule has 166 valence electrons. The summed E-state index contributed by atoms with van der Waals surface area (Å²) in [5, 5.41) is 22.8. The van der Waals surface area contributed by atoms with Crippen LogP contribution in [0.15, 0.2) is 0 Å². The summed E-state index contributed by atoms with van der Waals surface area (Å²) in [6.07, 6.45) is 9.92. The number of ether oxygens (including phenoxy) is 1. The maximum Gasteiger partial charge on any atom is 0.305 e. The maximum absolute atomic E-state index is 11.7. The first-order valence-corrected chi connectivity index (χ1v) is 12.2. The van der Waals surface area contributed by atoms with E-state index < -0.39 is 0 Å². The van der Waals surface area contributed by atoms with Gasteiger partial charge < -0.3 is 14.9 Å². The Hall–Kier alpha value is -0.610. The van der Waals surface area contributed by atoms with Crippen molar-refractivity contribution in [3.8, 4) is 0 Å². The Morgan fingerprint density at radius 2 is 1.86 bits per heavy atom. The first kappa shape index (κ1) is 21.6. The second kappa shape index (κ2) is 7.82.